The number of esters is 1. The van der Waals surface area contributed by atoms with Crippen LogP contribution in [0.25, 0.3) is 11.1 Å². The number of quaternary nitrogens is 1. The van der Waals surface area contributed by atoms with Crippen molar-refractivity contribution < 1.29 is 19.1 Å². The quantitative estimate of drug-likeness (QED) is 0.433. The van der Waals surface area contributed by atoms with Gasteiger partial charge in [0, 0.05) is 30.8 Å². The molecule has 5 nitrogen and oxygen atoms in total. The van der Waals surface area contributed by atoms with Crippen molar-refractivity contribution in [2.75, 3.05) is 26.7 Å². The molecule has 0 saturated carbocycles. The number of piperidine rings is 1. The zero-order valence-corrected chi connectivity index (χ0v) is 19.1. The van der Waals surface area contributed by atoms with Crippen molar-refractivity contribution in [3.8, 4) is 11.1 Å². The van der Waals surface area contributed by atoms with Crippen LogP contribution >= 0.6 is 0 Å². The Morgan fingerprint density at radius 3 is 2.45 bits per heavy atom. The molecule has 170 valence electrons. The van der Waals surface area contributed by atoms with Crippen LogP contribution in [0.2, 0.25) is 0 Å². The maximum absolute atomic E-state index is 14.1. The number of likely N-dealkylation sites (tertiary alicyclic amines) is 1. The summed E-state index contributed by atoms with van der Waals surface area (Å²) in [7, 11) is 2.23. The molecule has 0 N–H and O–H groups in total. The van der Waals surface area contributed by atoms with Gasteiger partial charge in [-0.25, -0.2) is 0 Å². The number of aromatic nitrogens is 1. The van der Waals surface area contributed by atoms with Crippen LogP contribution in [0.5, 0.6) is 0 Å². The minimum Gasteiger partial charge on any atom is -0.834 e. The summed E-state index contributed by atoms with van der Waals surface area (Å²) in [6.45, 7) is 2.82. The Kier molecular flexibility index (Phi) is 5.77. The molecule has 33 heavy (non-hydrogen) atoms. The number of benzene rings is 2. The number of hydrogen-bond acceptors (Lipinski definition) is 4. The molecule has 2 heterocycles. The summed E-state index contributed by atoms with van der Waals surface area (Å²) in [6, 6.07) is 18.9. The van der Waals surface area contributed by atoms with E-state index in [2.05, 4.69) is 18.1 Å². The lowest BCUT2D eigenvalue weighted by Crippen LogP contribution is -2.56. The van der Waals surface area contributed by atoms with E-state index in [1.165, 1.54) is 5.56 Å². The molecule has 1 aromatic heterocycles. The lowest BCUT2D eigenvalue weighted by Gasteiger charge is -2.43. The van der Waals surface area contributed by atoms with E-state index >= 15 is 0 Å². The Morgan fingerprint density at radius 1 is 1.09 bits per heavy atom. The summed E-state index contributed by atoms with van der Waals surface area (Å²) >= 11 is 0. The predicted octanol–water partition coefficient (Wildman–Crippen LogP) is 3.45. The topological polar surface area (TPSA) is 62.2 Å². The van der Waals surface area contributed by atoms with E-state index in [9.17, 15) is 9.90 Å². The standard InChI is InChI=1S/C28H30N2O3/c1-30(17-7-10-21-9-6-16-29-19-21)18-8-11-22(20-30)33-27(31)28(32)25-14-4-2-12-23(25)24-13-3-5-15-26(24)28/h2-6,9,12-16,19,22H,7-8,10-11,17-18,20H2,1H3/t22?,30-/m1/s1. The highest BCUT2D eigenvalue weighted by Gasteiger charge is 2.42. The maximum atomic E-state index is 14.1. The monoisotopic (exact) mass is 442 g/mol. The smallest absolute Gasteiger partial charge is 0.304 e. The van der Waals surface area contributed by atoms with Gasteiger partial charge in [-0.2, -0.15) is 0 Å². The summed E-state index contributed by atoms with van der Waals surface area (Å²) in [4.78, 5) is 17.6. The third-order valence-electron chi connectivity index (χ3n) is 7.22. The zero-order chi connectivity index (χ0) is 22.9. The molecule has 5 heteroatoms. The SMILES string of the molecule is C[N@@+]1(CCCc2cccnc2)CCCC(OC(=O)C2([O-])c3ccccc3-c3ccccc32)C1. The number of nitrogens with zero attached hydrogens (tertiary/aromatic N) is 2. The minimum atomic E-state index is -2.01. The number of rotatable bonds is 6. The van der Waals surface area contributed by atoms with Crippen LogP contribution < -0.4 is 5.11 Å². The van der Waals surface area contributed by atoms with Gasteiger partial charge >= 0.3 is 5.97 Å². The van der Waals surface area contributed by atoms with E-state index in [1.54, 1.807) is 18.3 Å². The molecule has 1 saturated heterocycles. The van der Waals surface area contributed by atoms with Gasteiger partial charge in [-0.3, -0.25) is 9.78 Å². The van der Waals surface area contributed by atoms with Crippen molar-refractivity contribution in [1.29, 1.82) is 0 Å². The lowest BCUT2D eigenvalue weighted by molar-refractivity contribution is -0.917. The maximum Gasteiger partial charge on any atom is 0.304 e. The number of carbonyl (C=O) groups is 1. The second-order valence-electron chi connectivity index (χ2n) is 9.66. The first-order chi connectivity index (χ1) is 16.0. The fourth-order valence-electron chi connectivity index (χ4n) is 5.53. The van der Waals surface area contributed by atoms with Crippen molar-refractivity contribution in [3.63, 3.8) is 0 Å². The Bertz CT molecular complexity index is 1100. The van der Waals surface area contributed by atoms with Crippen LogP contribution in [0.4, 0.5) is 0 Å². The Morgan fingerprint density at radius 2 is 1.79 bits per heavy atom. The molecular weight excluding hydrogens is 412 g/mol. The van der Waals surface area contributed by atoms with Gasteiger partial charge in [0.05, 0.1) is 20.1 Å². The van der Waals surface area contributed by atoms with Crippen LogP contribution in [0.1, 0.15) is 36.0 Å². The van der Waals surface area contributed by atoms with Crippen LogP contribution in [0.15, 0.2) is 73.1 Å². The highest BCUT2D eigenvalue weighted by atomic mass is 16.6. The van der Waals surface area contributed by atoms with Gasteiger partial charge in [0.25, 0.3) is 0 Å². The summed E-state index contributed by atoms with van der Waals surface area (Å²) in [6.07, 6.45) is 7.32. The lowest BCUT2D eigenvalue weighted by atomic mass is 9.91. The summed E-state index contributed by atoms with van der Waals surface area (Å²) in [5.74, 6) is -0.672. The molecule has 1 aliphatic carbocycles. The largest absolute Gasteiger partial charge is 0.834 e. The molecule has 2 aromatic carbocycles. The van der Waals surface area contributed by atoms with Gasteiger partial charge < -0.3 is 14.3 Å². The second-order valence-corrected chi connectivity index (χ2v) is 9.66. The molecule has 5 rings (SSSR count). The van der Waals surface area contributed by atoms with Crippen LogP contribution in [-0.2, 0) is 21.6 Å². The molecule has 0 bridgehead atoms. The van der Waals surface area contributed by atoms with E-state index in [-0.39, 0.29) is 6.10 Å². The van der Waals surface area contributed by atoms with Crippen molar-refractivity contribution in [2.45, 2.75) is 37.4 Å². The minimum absolute atomic E-state index is 0.236. The first-order valence-corrected chi connectivity index (χ1v) is 11.8. The van der Waals surface area contributed by atoms with E-state index in [0.717, 1.165) is 60.9 Å². The molecule has 1 unspecified atom stereocenters. The third kappa shape index (κ3) is 4.07. The Balaban J connectivity index is 1.29. The van der Waals surface area contributed by atoms with Gasteiger partial charge in [0.2, 0.25) is 0 Å². The number of fused-ring (bicyclic) bond motifs is 3. The second kappa shape index (κ2) is 8.73. The fourth-order valence-corrected chi connectivity index (χ4v) is 5.53. The third-order valence-corrected chi connectivity index (χ3v) is 7.22. The Hall–Kier alpha value is -3.02. The van der Waals surface area contributed by atoms with Crippen molar-refractivity contribution in [2.24, 2.45) is 0 Å². The number of pyridine rings is 1. The van der Waals surface area contributed by atoms with Gasteiger partial charge in [-0.05, 0) is 46.7 Å². The van der Waals surface area contributed by atoms with Crippen LogP contribution in [0.3, 0.4) is 0 Å². The van der Waals surface area contributed by atoms with E-state index in [0.29, 0.717) is 11.1 Å². The van der Waals surface area contributed by atoms with Crippen molar-refractivity contribution in [3.05, 3.63) is 89.7 Å². The van der Waals surface area contributed by atoms with Gasteiger partial charge in [-0.15, -0.1) is 0 Å². The number of hydrogen-bond donors (Lipinski definition) is 0. The summed E-state index contributed by atoms with van der Waals surface area (Å²) < 4.78 is 6.83. The number of carbonyl (C=O) groups excluding carboxylic acids is 1. The Labute approximate surface area is 195 Å². The molecule has 2 atom stereocenters. The fraction of sp³-hybridized carbons (Fsp3) is 0.357. The highest BCUT2D eigenvalue weighted by molar-refractivity contribution is 5.95. The van der Waals surface area contributed by atoms with Crippen LogP contribution in [0, 0.1) is 0 Å². The summed E-state index contributed by atoms with van der Waals surface area (Å²) in [5, 5.41) is 14.1. The van der Waals surface area contributed by atoms with Gasteiger partial charge in [-0.1, -0.05) is 54.6 Å². The van der Waals surface area contributed by atoms with Crippen molar-refractivity contribution in [1.82, 2.24) is 4.98 Å². The summed E-state index contributed by atoms with van der Waals surface area (Å²) in [5.41, 5.74) is 1.91. The first kappa shape index (κ1) is 21.8. The highest BCUT2D eigenvalue weighted by Crippen LogP contribution is 2.46. The molecule has 0 radical (unpaired) electrons. The molecule has 1 aliphatic heterocycles. The van der Waals surface area contributed by atoms with E-state index in [4.69, 9.17) is 4.74 Å². The average Bonchev–Trinajstić information content (AvgIpc) is 3.10. The molecule has 2 aliphatic rings. The number of aryl methyl sites for hydroxylation is 1. The molecule has 0 amide bonds. The van der Waals surface area contributed by atoms with E-state index in [1.807, 2.05) is 48.7 Å². The molecule has 3 aromatic rings. The van der Waals surface area contributed by atoms with Crippen molar-refractivity contribution >= 4 is 5.97 Å². The zero-order valence-electron chi connectivity index (χ0n) is 19.1. The molecular formula is C28H30N2O3. The normalized spacial score (nSPS) is 22.9. The van der Waals surface area contributed by atoms with Gasteiger partial charge in [0.15, 0.2) is 6.10 Å². The number of likely N-dealkylation sites (N-methyl/N-ethyl adjacent to an activating group) is 1. The predicted molar refractivity (Wildman–Crippen MR) is 125 cm³/mol. The average molecular weight is 443 g/mol. The van der Waals surface area contributed by atoms with Gasteiger partial charge in [0.1, 0.15) is 6.54 Å². The van der Waals surface area contributed by atoms with E-state index < -0.39 is 11.6 Å². The van der Waals surface area contributed by atoms with Crippen LogP contribution in [-0.4, -0.2) is 48.2 Å². The number of ether oxygens (including phenoxy) is 1. The molecule has 1 fully saturated rings. The first-order valence-electron chi connectivity index (χ1n) is 11.8. The molecule has 0 spiro atoms.